The van der Waals surface area contributed by atoms with E-state index >= 15 is 0 Å². The lowest BCUT2D eigenvalue weighted by Gasteiger charge is -2.23. The zero-order valence-corrected chi connectivity index (χ0v) is 11.6. The number of halogens is 1. The third kappa shape index (κ3) is 2.56. The van der Waals surface area contributed by atoms with Gasteiger partial charge >= 0.3 is 0 Å². The predicted octanol–water partition coefficient (Wildman–Crippen LogP) is 3.39. The van der Waals surface area contributed by atoms with Crippen LogP contribution in [0.3, 0.4) is 0 Å². The standard InChI is InChI=1S/C14H18ClN3/c1-3-9-18(10-8-15)14-13-7-5-4-6-12(13)11(2)16-17-14/h4-7H,3,8-10H2,1-2H3. The molecule has 2 aromatic rings. The zero-order chi connectivity index (χ0) is 13.0. The van der Waals surface area contributed by atoms with E-state index in [9.17, 15) is 0 Å². The Morgan fingerprint density at radius 2 is 1.83 bits per heavy atom. The Labute approximate surface area is 113 Å². The molecule has 3 nitrogen and oxygen atoms in total. The lowest BCUT2D eigenvalue weighted by molar-refractivity contribution is 0.772. The van der Waals surface area contributed by atoms with E-state index in [4.69, 9.17) is 11.6 Å². The van der Waals surface area contributed by atoms with Crippen LogP contribution in [0.1, 0.15) is 19.0 Å². The van der Waals surface area contributed by atoms with Crippen molar-refractivity contribution in [2.75, 3.05) is 23.9 Å². The van der Waals surface area contributed by atoms with Crippen molar-refractivity contribution < 1.29 is 0 Å². The van der Waals surface area contributed by atoms with Gasteiger partial charge in [-0.1, -0.05) is 31.2 Å². The van der Waals surface area contributed by atoms with E-state index in [-0.39, 0.29) is 0 Å². The van der Waals surface area contributed by atoms with Crippen LogP contribution in [-0.4, -0.2) is 29.2 Å². The molecule has 0 aliphatic carbocycles. The molecular formula is C14H18ClN3. The molecule has 1 heterocycles. The van der Waals surface area contributed by atoms with E-state index in [0.717, 1.165) is 41.8 Å². The molecule has 0 unspecified atom stereocenters. The van der Waals surface area contributed by atoms with Crippen LogP contribution in [0, 0.1) is 6.92 Å². The Balaban J connectivity index is 2.52. The van der Waals surface area contributed by atoms with Crippen LogP contribution in [0.15, 0.2) is 24.3 Å². The number of benzene rings is 1. The average Bonchev–Trinajstić information content (AvgIpc) is 2.39. The first-order valence-electron chi connectivity index (χ1n) is 6.30. The van der Waals surface area contributed by atoms with Gasteiger partial charge in [0.15, 0.2) is 5.82 Å². The van der Waals surface area contributed by atoms with Gasteiger partial charge in [0.2, 0.25) is 0 Å². The van der Waals surface area contributed by atoms with Crippen LogP contribution in [0.4, 0.5) is 5.82 Å². The zero-order valence-electron chi connectivity index (χ0n) is 10.9. The first-order valence-corrected chi connectivity index (χ1v) is 6.84. The molecule has 0 saturated heterocycles. The third-order valence-electron chi connectivity index (χ3n) is 3.00. The monoisotopic (exact) mass is 263 g/mol. The molecule has 0 spiro atoms. The maximum atomic E-state index is 5.87. The van der Waals surface area contributed by atoms with E-state index in [1.165, 1.54) is 0 Å². The molecule has 0 saturated carbocycles. The number of rotatable bonds is 5. The van der Waals surface area contributed by atoms with Gasteiger partial charge in [-0.05, 0) is 13.3 Å². The molecule has 0 amide bonds. The molecule has 1 aromatic carbocycles. The third-order valence-corrected chi connectivity index (χ3v) is 3.17. The Morgan fingerprint density at radius 1 is 1.11 bits per heavy atom. The maximum Gasteiger partial charge on any atom is 0.159 e. The summed E-state index contributed by atoms with van der Waals surface area (Å²) in [6.45, 7) is 5.90. The van der Waals surface area contributed by atoms with Crippen LogP contribution < -0.4 is 4.90 Å². The largest absolute Gasteiger partial charge is 0.353 e. The first-order chi connectivity index (χ1) is 8.77. The van der Waals surface area contributed by atoms with E-state index in [1.54, 1.807) is 0 Å². The van der Waals surface area contributed by atoms with Gasteiger partial charge in [-0.25, -0.2) is 0 Å². The van der Waals surface area contributed by atoms with Crippen LogP contribution >= 0.6 is 11.6 Å². The number of hydrogen-bond acceptors (Lipinski definition) is 3. The van der Waals surface area contributed by atoms with E-state index in [0.29, 0.717) is 5.88 Å². The predicted molar refractivity (Wildman–Crippen MR) is 77.5 cm³/mol. The second-order valence-electron chi connectivity index (χ2n) is 4.33. The number of aromatic nitrogens is 2. The summed E-state index contributed by atoms with van der Waals surface area (Å²) in [7, 11) is 0. The van der Waals surface area contributed by atoms with Gasteiger partial charge < -0.3 is 4.90 Å². The lowest BCUT2D eigenvalue weighted by Crippen LogP contribution is -2.27. The van der Waals surface area contributed by atoms with Crippen LogP contribution in [0.25, 0.3) is 10.8 Å². The molecular weight excluding hydrogens is 246 g/mol. The smallest absolute Gasteiger partial charge is 0.159 e. The SMILES string of the molecule is CCCN(CCCl)c1nnc(C)c2ccccc12. The van der Waals surface area contributed by atoms with Crippen molar-refractivity contribution >= 4 is 28.2 Å². The maximum absolute atomic E-state index is 5.87. The fourth-order valence-electron chi connectivity index (χ4n) is 2.15. The van der Waals surface area contributed by atoms with Crippen molar-refractivity contribution in [3.05, 3.63) is 30.0 Å². The Bertz CT molecular complexity index is 521. The molecule has 4 heteroatoms. The fourth-order valence-corrected chi connectivity index (χ4v) is 2.36. The Morgan fingerprint density at radius 3 is 2.50 bits per heavy atom. The molecule has 0 bridgehead atoms. The average molecular weight is 264 g/mol. The highest BCUT2D eigenvalue weighted by Crippen LogP contribution is 2.25. The molecule has 0 N–H and O–H groups in total. The quantitative estimate of drug-likeness (QED) is 0.775. The van der Waals surface area contributed by atoms with Crippen molar-refractivity contribution in [2.24, 2.45) is 0 Å². The Kier molecular flexibility index (Phi) is 4.37. The van der Waals surface area contributed by atoms with Crippen molar-refractivity contribution in [2.45, 2.75) is 20.3 Å². The number of nitrogens with zero attached hydrogens (tertiary/aromatic N) is 3. The highest BCUT2D eigenvalue weighted by Gasteiger charge is 2.12. The van der Waals surface area contributed by atoms with E-state index < -0.39 is 0 Å². The number of aryl methyl sites for hydroxylation is 1. The summed E-state index contributed by atoms with van der Waals surface area (Å²) in [6, 6.07) is 8.27. The molecule has 96 valence electrons. The summed E-state index contributed by atoms with van der Waals surface area (Å²) in [5.74, 6) is 1.54. The number of anilines is 1. The Hall–Kier alpha value is -1.35. The molecule has 0 atom stereocenters. The number of fused-ring (bicyclic) bond motifs is 1. The normalized spacial score (nSPS) is 10.8. The van der Waals surface area contributed by atoms with Gasteiger partial charge in [0, 0.05) is 29.7 Å². The minimum atomic E-state index is 0.601. The molecule has 2 rings (SSSR count). The molecule has 0 radical (unpaired) electrons. The second kappa shape index (κ2) is 6.01. The summed E-state index contributed by atoms with van der Waals surface area (Å²) in [5, 5.41) is 10.9. The van der Waals surface area contributed by atoms with Gasteiger partial charge in [-0.15, -0.1) is 16.7 Å². The molecule has 0 fully saturated rings. The minimum Gasteiger partial charge on any atom is -0.353 e. The lowest BCUT2D eigenvalue weighted by atomic mass is 10.1. The van der Waals surface area contributed by atoms with Crippen molar-refractivity contribution in [1.82, 2.24) is 10.2 Å². The number of alkyl halides is 1. The second-order valence-corrected chi connectivity index (χ2v) is 4.71. The molecule has 0 aliphatic rings. The number of hydrogen-bond donors (Lipinski definition) is 0. The van der Waals surface area contributed by atoms with E-state index in [1.807, 2.05) is 19.1 Å². The topological polar surface area (TPSA) is 29.0 Å². The summed E-state index contributed by atoms with van der Waals surface area (Å²) >= 11 is 5.87. The minimum absolute atomic E-state index is 0.601. The van der Waals surface area contributed by atoms with Gasteiger partial charge in [0.25, 0.3) is 0 Å². The fraction of sp³-hybridized carbons (Fsp3) is 0.429. The van der Waals surface area contributed by atoms with Crippen LogP contribution in [0.2, 0.25) is 0 Å². The highest BCUT2D eigenvalue weighted by atomic mass is 35.5. The highest BCUT2D eigenvalue weighted by molar-refractivity contribution is 6.18. The van der Waals surface area contributed by atoms with E-state index in [2.05, 4.69) is 34.2 Å². The summed E-state index contributed by atoms with van der Waals surface area (Å²) < 4.78 is 0. The summed E-state index contributed by atoms with van der Waals surface area (Å²) in [4.78, 5) is 2.21. The first kappa shape index (κ1) is 13.1. The van der Waals surface area contributed by atoms with Crippen molar-refractivity contribution in [3.63, 3.8) is 0 Å². The summed E-state index contributed by atoms with van der Waals surface area (Å²) in [5.41, 5.74) is 0.969. The van der Waals surface area contributed by atoms with Gasteiger partial charge in [0.05, 0.1) is 5.69 Å². The van der Waals surface area contributed by atoms with Gasteiger partial charge in [0.1, 0.15) is 0 Å². The van der Waals surface area contributed by atoms with Gasteiger partial charge in [-0.2, -0.15) is 5.10 Å². The molecule has 18 heavy (non-hydrogen) atoms. The van der Waals surface area contributed by atoms with Crippen LogP contribution in [0.5, 0.6) is 0 Å². The van der Waals surface area contributed by atoms with Crippen molar-refractivity contribution in [3.8, 4) is 0 Å². The van der Waals surface area contributed by atoms with Gasteiger partial charge in [-0.3, -0.25) is 0 Å². The molecule has 0 aliphatic heterocycles. The van der Waals surface area contributed by atoms with Crippen molar-refractivity contribution in [1.29, 1.82) is 0 Å². The van der Waals surface area contributed by atoms with Crippen LogP contribution in [-0.2, 0) is 0 Å². The summed E-state index contributed by atoms with van der Waals surface area (Å²) in [6.07, 6.45) is 1.07. The molecule has 1 aromatic heterocycles.